The first-order valence-electron chi connectivity index (χ1n) is 9.92. The third-order valence-electron chi connectivity index (χ3n) is 5.47. The third-order valence-corrected chi connectivity index (χ3v) is 5.47. The lowest BCUT2D eigenvalue weighted by atomic mass is 10.0. The average molecular weight is 367 g/mol. The van der Waals surface area contributed by atoms with Crippen LogP contribution in [0.1, 0.15) is 24.0 Å². The van der Waals surface area contributed by atoms with Gasteiger partial charge in [0.1, 0.15) is 18.0 Å². The highest BCUT2D eigenvalue weighted by Crippen LogP contribution is 2.26. The van der Waals surface area contributed by atoms with E-state index in [4.69, 9.17) is 4.74 Å². The molecule has 3 heterocycles. The summed E-state index contributed by atoms with van der Waals surface area (Å²) in [5, 5.41) is 3.64. The molecule has 0 aliphatic carbocycles. The largest absolute Gasteiger partial charge is 0.378 e. The number of ether oxygens (including phenoxy) is 1. The highest BCUT2D eigenvalue weighted by molar-refractivity contribution is 5.56. The monoisotopic (exact) mass is 367 g/mol. The second-order valence-electron chi connectivity index (χ2n) is 7.58. The van der Waals surface area contributed by atoms with Crippen molar-refractivity contribution in [2.45, 2.75) is 32.7 Å². The van der Waals surface area contributed by atoms with E-state index in [0.717, 1.165) is 57.4 Å². The van der Waals surface area contributed by atoms with Gasteiger partial charge in [-0.05, 0) is 43.9 Å². The Hall–Kier alpha value is -2.34. The molecule has 2 aliphatic heterocycles. The summed E-state index contributed by atoms with van der Waals surface area (Å²) in [7, 11) is 0. The van der Waals surface area contributed by atoms with Crippen LogP contribution >= 0.6 is 0 Å². The lowest BCUT2D eigenvalue weighted by molar-refractivity contribution is 0.122. The summed E-state index contributed by atoms with van der Waals surface area (Å²) in [5.41, 5.74) is 4.02. The van der Waals surface area contributed by atoms with Gasteiger partial charge in [0, 0.05) is 44.0 Å². The Bertz CT molecular complexity index is 775. The lowest BCUT2D eigenvalue weighted by Crippen LogP contribution is -2.42. The fraction of sp³-hybridized carbons (Fsp3) is 0.524. The summed E-state index contributed by atoms with van der Waals surface area (Å²) in [6.07, 6.45) is 4.02. The summed E-state index contributed by atoms with van der Waals surface area (Å²) in [4.78, 5) is 13.7. The number of nitrogens with zero attached hydrogens (tertiary/aromatic N) is 4. The van der Waals surface area contributed by atoms with Crippen molar-refractivity contribution in [3.8, 4) is 0 Å². The number of morpholine rings is 1. The molecule has 1 atom stereocenters. The van der Waals surface area contributed by atoms with Crippen LogP contribution in [0.4, 0.5) is 17.3 Å². The van der Waals surface area contributed by atoms with Crippen molar-refractivity contribution in [1.29, 1.82) is 0 Å². The summed E-state index contributed by atoms with van der Waals surface area (Å²) in [5.74, 6) is 1.90. The molecule has 2 aromatic rings. The minimum absolute atomic E-state index is 0.395. The highest BCUT2D eigenvalue weighted by atomic mass is 16.5. The van der Waals surface area contributed by atoms with Crippen LogP contribution in [0, 0.1) is 13.8 Å². The smallest absolute Gasteiger partial charge is 0.134 e. The Morgan fingerprint density at radius 3 is 2.74 bits per heavy atom. The molecule has 1 aromatic carbocycles. The Kier molecular flexibility index (Phi) is 5.43. The molecule has 144 valence electrons. The van der Waals surface area contributed by atoms with E-state index < -0.39 is 0 Å². The van der Waals surface area contributed by atoms with Crippen molar-refractivity contribution < 1.29 is 4.74 Å². The van der Waals surface area contributed by atoms with E-state index in [-0.39, 0.29) is 0 Å². The van der Waals surface area contributed by atoms with Gasteiger partial charge in [-0.3, -0.25) is 0 Å². The first-order chi connectivity index (χ1) is 13.2. The number of hydrogen-bond donors (Lipinski definition) is 1. The Morgan fingerprint density at radius 2 is 1.89 bits per heavy atom. The number of aryl methyl sites for hydroxylation is 2. The van der Waals surface area contributed by atoms with Crippen molar-refractivity contribution in [2.24, 2.45) is 0 Å². The maximum absolute atomic E-state index is 5.44. The van der Waals surface area contributed by atoms with Gasteiger partial charge in [0.2, 0.25) is 0 Å². The zero-order chi connectivity index (χ0) is 18.6. The van der Waals surface area contributed by atoms with Crippen LogP contribution in [0.3, 0.4) is 0 Å². The topological polar surface area (TPSA) is 53.5 Å². The van der Waals surface area contributed by atoms with E-state index in [0.29, 0.717) is 6.04 Å². The molecule has 0 saturated carbocycles. The fourth-order valence-corrected chi connectivity index (χ4v) is 3.97. The molecule has 0 amide bonds. The van der Waals surface area contributed by atoms with E-state index in [1.54, 1.807) is 6.33 Å². The molecular formula is C21H29N5O. The normalized spacial score (nSPS) is 20.6. The minimum Gasteiger partial charge on any atom is -0.378 e. The van der Waals surface area contributed by atoms with E-state index in [2.05, 4.69) is 63.2 Å². The van der Waals surface area contributed by atoms with Gasteiger partial charge >= 0.3 is 0 Å². The van der Waals surface area contributed by atoms with Crippen LogP contribution in [-0.4, -0.2) is 55.4 Å². The molecule has 4 rings (SSSR count). The van der Waals surface area contributed by atoms with Crippen LogP contribution < -0.4 is 15.1 Å². The Morgan fingerprint density at radius 1 is 1.04 bits per heavy atom. The van der Waals surface area contributed by atoms with Crippen LogP contribution in [0.15, 0.2) is 30.6 Å². The summed E-state index contributed by atoms with van der Waals surface area (Å²) in [6.45, 7) is 9.79. The van der Waals surface area contributed by atoms with E-state index in [9.17, 15) is 0 Å². The number of hydrogen-bond acceptors (Lipinski definition) is 6. The standard InChI is InChI=1S/C21H29N5O/c1-16-5-6-17(2)19(12-16)26-7-3-4-18(14-26)24-20-13-21(23-15-22-20)25-8-10-27-11-9-25/h5-6,12-13,15,18H,3-4,7-11,14H2,1-2H3,(H,22,23,24)/t18-/m1/s1. The van der Waals surface area contributed by atoms with E-state index >= 15 is 0 Å². The van der Waals surface area contributed by atoms with Gasteiger partial charge in [0.15, 0.2) is 0 Å². The van der Waals surface area contributed by atoms with Gasteiger partial charge in [-0.15, -0.1) is 0 Å². The molecule has 2 saturated heterocycles. The predicted molar refractivity (Wildman–Crippen MR) is 110 cm³/mol. The molecule has 0 radical (unpaired) electrons. The van der Waals surface area contributed by atoms with Crippen LogP contribution in [-0.2, 0) is 4.74 Å². The van der Waals surface area contributed by atoms with Gasteiger partial charge in [-0.1, -0.05) is 12.1 Å². The van der Waals surface area contributed by atoms with Crippen LogP contribution in [0.5, 0.6) is 0 Å². The molecule has 0 unspecified atom stereocenters. The number of aromatic nitrogens is 2. The van der Waals surface area contributed by atoms with Gasteiger partial charge in [-0.25, -0.2) is 9.97 Å². The molecule has 6 nitrogen and oxygen atoms in total. The zero-order valence-corrected chi connectivity index (χ0v) is 16.3. The minimum atomic E-state index is 0.395. The summed E-state index contributed by atoms with van der Waals surface area (Å²) >= 11 is 0. The van der Waals surface area contributed by atoms with E-state index in [1.807, 2.05) is 0 Å². The Balaban J connectivity index is 1.44. The van der Waals surface area contributed by atoms with Crippen molar-refractivity contribution in [3.63, 3.8) is 0 Å². The maximum Gasteiger partial charge on any atom is 0.134 e. The van der Waals surface area contributed by atoms with Crippen molar-refractivity contribution >= 4 is 17.3 Å². The first-order valence-corrected chi connectivity index (χ1v) is 9.92. The second-order valence-corrected chi connectivity index (χ2v) is 7.58. The molecule has 2 aliphatic rings. The number of piperidine rings is 1. The molecule has 1 aromatic heterocycles. The van der Waals surface area contributed by atoms with Gasteiger partial charge in [-0.2, -0.15) is 0 Å². The van der Waals surface area contributed by atoms with Crippen LogP contribution in [0.2, 0.25) is 0 Å². The molecular weight excluding hydrogens is 338 g/mol. The number of anilines is 3. The van der Waals surface area contributed by atoms with Crippen molar-refractivity contribution in [1.82, 2.24) is 9.97 Å². The maximum atomic E-state index is 5.44. The fourth-order valence-electron chi connectivity index (χ4n) is 3.97. The molecule has 0 spiro atoms. The first kappa shape index (κ1) is 18.0. The number of nitrogens with one attached hydrogen (secondary N) is 1. The number of rotatable bonds is 4. The van der Waals surface area contributed by atoms with Crippen LogP contribution in [0.25, 0.3) is 0 Å². The van der Waals surface area contributed by atoms with Crippen molar-refractivity contribution in [2.75, 3.05) is 54.5 Å². The third kappa shape index (κ3) is 4.33. The Labute approximate surface area is 161 Å². The van der Waals surface area contributed by atoms with E-state index in [1.165, 1.54) is 23.2 Å². The lowest BCUT2D eigenvalue weighted by Gasteiger charge is -2.36. The van der Waals surface area contributed by atoms with Gasteiger partial charge in [0.25, 0.3) is 0 Å². The summed E-state index contributed by atoms with van der Waals surface area (Å²) in [6, 6.07) is 9.18. The van der Waals surface area contributed by atoms with Crippen molar-refractivity contribution in [3.05, 3.63) is 41.7 Å². The average Bonchev–Trinajstić information content (AvgIpc) is 2.71. The summed E-state index contributed by atoms with van der Waals surface area (Å²) < 4.78 is 5.44. The molecule has 2 fully saturated rings. The second kappa shape index (κ2) is 8.13. The zero-order valence-electron chi connectivity index (χ0n) is 16.3. The molecule has 0 bridgehead atoms. The molecule has 1 N–H and O–H groups in total. The predicted octanol–water partition coefficient (Wildman–Crippen LogP) is 3.01. The quantitative estimate of drug-likeness (QED) is 0.897. The van der Waals surface area contributed by atoms with Gasteiger partial charge in [0.05, 0.1) is 13.2 Å². The highest BCUT2D eigenvalue weighted by Gasteiger charge is 2.22. The number of benzene rings is 1. The van der Waals surface area contributed by atoms with Gasteiger partial charge < -0.3 is 19.9 Å². The molecule has 6 heteroatoms. The molecule has 27 heavy (non-hydrogen) atoms. The SMILES string of the molecule is Cc1ccc(C)c(N2CCC[C@@H](Nc3cc(N4CCOCC4)ncn3)C2)c1.